The summed E-state index contributed by atoms with van der Waals surface area (Å²) < 4.78 is 17.2. The predicted octanol–water partition coefficient (Wildman–Crippen LogP) is 2.97. The first-order chi connectivity index (χ1) is 13.2. The van der Waals surface area contributed by atoms with Crippen LogP contribution in [0.5, 0.6) is 5.75 Å². The number of morpholine rings is 1. The Balaban J connectivity index is 1.65. The smallest absolute Gasteiger partial charge is 0.227 e. The SMILES string of the molecule is COc1ccc(-c2nc(CN3CCO[C@@H](CN)C3)c(C)o2)c2ccccc12. The first-order valence-electron chi connectivity index (χ1n) is 9.26. The number of hydrogen-bond acceptors (Lipinski definition) is 6. The van der Waals surface area contributed by atoms with E-state index in [0.717, 1.165) is 53.2 Å². The quantitative estimate of drug-likeness (QED) is 0.747. The number of fused-ring (bicyclic) bond motifs is 1. The molecule has 0 spiro atoms. The van der Waals surface area contributed by atoms with E-state index in [1.165, 1.54) is 0 Å². The lowest BCUT2D eigenvalue weighted by Gasteiger charge is -2.31. The molecule has 4 rings (SSSR count). The number of oxazole rings is 1. The number of rotatable bonds is 5. The van der Waals surface area contributed by atoms with Crippen molar-refractivity contribution < 1.29 is 13.9 Å². The first kappa shape index (κ1) is 18.0. The second-order valence-electron chi connectivity index (χ2n) is 6.85. The number of hydrogen-bond donors (Lipinski definition) is 1. The van der Waals surface area contributed by atoms with Gasteiger partial charge in [-0.2, -0.15) is 0 Å². The maximum Gasteiger partial charge on any atom is 0.227 e. The Morgan fingerprint density at radius 2 is 2.04 bits per heavy atom. The Morgan fingerprint density at radius 1 is 1.22 bits per heavy atom. The lowest BCUT2D eigenvalue weighted by molar-refractivity contribution is -0.0264. The Hall–Kier alpha value is -2.41. The van der Waals surface area contributed by atoms with Gasteiger partial charge in [-0.25, -0.2) is 4.98 Å². The summed E-state index contributed by atoms with van der Waals surface area (Å²) in [7, 11) is 1.69. The molecule has 1 aliphatic heterocycles. The Bertz CT molecular complexity index is 938. The van der Waals surface area contributed by atoms with Crippen molar-refractivity contribution in [3.05, 3.63) is 47.9 Å². The Morgan fingerprint density at radius 3 is 2.81 bits per heavy atom. The molecule has 0 bridgehead atoms. The third-order valence-corrected chi connectivity index (χ3v) is 5.09. The van der Waals surface area contributed by atoms with Crippen molar-refractivity contribution in [3.8, 4) is 17.2 Å². The Kier molecular flexibility index (Phi) is 5.11. The van der Waals surface area contributed by atoms with Gasteiger partial charge in [-0.1, -0.05) is 24.3 Å². The van der Waals surface area contributed by atoms with Crippen LogP contribution in [0.2, 0.25) is 0 Å². The largest absolute Gasteiger partial charge is 0.496 e. The molecule has 6 heteroatoms. The third kappa shape index (κ3) is 3.56. The third-order valence-electron chi connectivity index (χ3n) is 5.09. The average Bonchev–Trinajstić information content (AvgIpc) is 3.07. The summed E-state index contributed by atoms with van der Waals surface area (Å²) in [5.41, 5.74) is 7.68. The van der Waals surface area contributed by atoms with E-state index in [1.54, 1.807) is 7.11 Å². The predicted molar refractivity (Wildman–Crippen MR) is 105 cm³/mol. The molecular weight excluding hydrogens is 342 g/mol. The van der Waals surface area contributed by atoms with Crippen LogP contribution in [0.25, 0.3) is 22.2 Å². The molecule has 1 aliphatic rings. The summed E-state index contributed by atoms with van der Waals surface area (Å²) in [4.78, 5) is 7.13. The minimum atomic E-state index is 0.0935. The van der Waals surface area contributed by atoms with Crippen LogP contribution < -0.4 is 10.5 Å². The van der Waals surface area contributed by atoms with Crippen LogP contribution >= 0.6 is 0 Å². The van der Waals surface area contributed by atoms with E-state index in [4.69, 9.17) is 24.6 Å². The molecule has 0 unspecified atom stereocenters. The first-order valence-corrected chi connectivity index (χ1v) is 9.26. The molecule has 27 heavy (non-hydrogen) atoms. The zero-order chi connectivity index (χ0) is 18.8. The Labute approximate surface area is 158 Å². The molecule has 1 saturated heterocycles. The fourth-order valence-electron chi connectivity index (χ4n) is 3.60. The van der Waals surface area contributed by atoms with Gasteiger partial charge in [-0.05, 0) is 24.4 Å². The van der Waals surface area contributed by atoms with Gasteiger partial charge in [-0.3, -0.25) is 4.90 Å². The van der Waals surface area contributed by atoms with Crippen molar-refractivity contribution in [3.63, 3.8) is 0 Å². The molecule has 0 amide bonds. The molecule has 1 fully saturated rings. The summed E-state index contributed by atoms with van der Waals surface area (Å²) in [6.07, 6.45) is 0.0935. The van der Waals surface area contributed by atoms with Crippen LogP contribution in [0.3, 0.4) is 0 Å². The highest BCUT2D eigenvalue weighted by Crippen LogP contribution is 2.34. The minimum absolute atomic E-state index is 0.0935. The van der Waals surface area contributed by atoms with Crippen molar-refractivity contribution in [2.75, 3.05) is 33.4 Å². The van der Waals surface area contributed by atoms with Crippen molar-refractivity contribution >= 4 is 10.8 Å². The summed E-state index contributed by atoms with van der Waals surface area (Å²) >= 11 is 0. The standard InChI is InChI=1S/C21H25N3O3/c1-14-19(13-24-9-10-26-15(11-22)12-24)23-21(27-14)18-7-8-20(25-2)17-6-4-3-5-16(17)18/h3-8,15H,9-13,22H2,1-2H3/t15-/m0/s1. The maximum atomic E-state index is 6.04. The van der Waals surface area contributed by atoms with E-state index < -0.39 is 0 Å². The van der Waals surface area contributed by atoms with Gasteiger partial charge in [0, 0.05) is 37.1 Å². The number of aromatic nitrogens is 1. The second-order valence-corrected chi connectivity index (χ2v) is 6.85. The van der Waals surface area contributed by atoms with Gasteiger partial charge in [0.15, 0.2) is 0 Å². The van der Waals surface area contributed by atoms with Crippen molar-refractivity contribution in [1.82, 2.24) is 9.88 Å². The van der Waals surface area contributed by atoms with E-state index in [9.17, 15) is 0 Å². The number of nitrogens with two attached hydrogens (primary N) is 1. The molecule has 0 aliphatic carbocycles. The van der Waals surface area contributed by atoms with Crippen LogP contribution in [0.4, 0.5) is 0 Å². The van der Waals surface area contributed by atoms with E-state index in [2.05, 4.69) is 17.0 Å². The lowest BCUT2D eigenvalue weighted by atomic mass is 10.0. The van der Waals surface area contributed by atoms with Gasteiger partial charge in [0.1, 0.15) is 11.5 Å². The maximum absolute atomic E-state index is 6.04. The zero-order valence-corrected chi connectivity index (χ0v) is 15.8. The number of methoxy groups -OCH3 is 1. The fourth-order valence-corrected chi connectivity index (χ4v) is 3.60. The fraction of sp³-hybridized carbons (Fsp3) is 0.381. The van der Waals surface area contributed by atoms with Gasteiger partial charge in [0.25, 0.3) is 0 Å². The molecule has 6 nitrogen and oxygen atoms in total. The van der Waals surface area contributed by atoms with E-state index >= 15 is 0 Å². The normalized spacial score (nSPS) is 18.1. The van der Waals surface area contributed by atoms with Gasteiger partial charge in [0.05, 0.1) is 25.5 Å². The van der Waals surface area contributed by atoms with Gasteiger partial charge in [0.2, 0.25) is 5.89 Å². The van der Waals surface area contributed by atoms with Crippen molar-refractivity contribution in [2.45, 2.75) is 19.6 Å². The van der Waals surface area contributed by atoms with E-state index in [-0.39, 0.29) is 6.10 Å². The molecule has 142 valence electrons. The van der Waals surface area contributed by atoms with Crippen LogP contribution in [-0.2, 0) is 11.3 Å². The highest BCUT2D eigenvalue weighted by Gasteiger charge is 2.22. The topological polar surface area (TPSA) is 73.8 Å². The van der Waals surface area contributed by atoms with Crippen LogP contribution in [-0.4, -0.2) is 49.3 Å². The van der Waals surface area contributed by atoms with Crippen LogP contribution in [0.1, 0.15) is 11.5 Å². The lowest BCUT2D eigenvalue weighted by Crippen LogP contribution is -2.45. The molecule has 3 aromatic rings. The highest BCUT2D eigenvalue weighted by atomic mass is 16.5. The summed E-state index contributed by atoms with van der Waals surface area (Å²) in [6, 6.07) is 12.1. The minimum Gasteiger partial charge on any atom is -0.496 e. The summed E-state index contributed by atoms with van der Waals surface area (Å²) in [6.45, 7) is 5.65. The molecule has 0 radical (unpaired) electrons. The van der Waals surface area contributed by atoms with E-state index in [0.29, 0.717) is 19.0 Å². The molecule has 2 heterocycles. The van der Waals surface area contributed by atoms with E-state index in [1.807, 2.05) is 31.2 Å². The van der Waals surface area contributed by atoms with Gasteiger partial charge >= 0.3 is 0 Å². The molecule has 0 saturated carbocycles. The van der Waals surface area contributed by atoms with Crippen LogP contribution in [0.15, 0.2) is 40.8 Å². The van der Waals surface area contributed by atoms with Gasteiger partial charge in [-0.15, -0.1) is 0 Å². The van der Waals surface area contributed by atoms with Crippen LogP contribution in [0, 0.1) is 6.92 Å². The molecular formula is C21H25N3O3. The molecule has 1 aromatic heterocycles. The summed E-state index contributed by atoms with van der Waals surface area (Å²) in [5.74, 6) is 2.34. The molecule has 2 N–H and O–H groups in total. The van der Waals surface area contributed by atoms with Gasteiger partial charge < -0.3 is 19.6 Å². The zero-order valence-electron chi connectivity index (χ0n) is 15.8. The monoisotopic (exact) mass is 367 g/mol. The number of nitrogens with zero attached hydrogens (tertiary/aromatic N) is 2. The summed E-state index contributed by atoms with van der Waals surface area (Å²) in [5, 5.41) is 2.12. The molecule has 1 atom stereocenters. The average molecular weight is 367 g/mol. The number of aryl methyl sites for hydroxylation is 1. The number of ether oxygens (including phenoxy) is 2. The van der Waals surface area contributed by atoms with Crippen molar-refractivity contribution in [2.24, 2.45) is 5.73 Å². The van der Waals surface area contributed by atoms with Crippen molar-refractivity contribution in [1.29, 1.82) is 0 Å². The number of benzene rings is 2. The highest BCUT2D eigenvalue weighted by molar-refractivity contribution is 5.98. The molecule has 2 aromatic carbocycles. The second kappa shape index (κ2) is 7.68.